The van der Waals surface area contributed by atoms with Crippen molar-refractivity contribution in [3.63, 3.8) is 0 Å². The topological polar surface area (TPSA) is 47.6 Å². The van der Waals surface area contributed by atoms with Gasteiger partial charge in [-0.25, -0.2) is 0 Å². The zero-order chi connectivity index (χ0) is 14.2. The summed E-state index contributed by atoms with van der Waals surface area (Å²) in [5.74, 6) is -0.182. The van der Waals surface area contributed by atoms with E-state index in [1.165, 1.54) is 11.1 Å². The van der Waals surface area contributed by atoms with Crippen LogP contribution in [-0.2, 0) is 27.2 Å². The second-order valence-electron chi connectivity index (χ2n) is 5.04. The van der Waals surface area contributed by atoms with E-state index in [9.17, 15) is 4.79 Å². The average Bonchev–Trinajstić information content (AvgIpc) is 2.50. The van der Waals surface area contributed by atoms with Crippen LogP contribution < -0.4 is 5.32 Å². The van der Waals surface area contributed by atoms with Crippen LogP contribution in [0.4, 0.5) is 0 Å². The van der Waals surface area contributed by atoms with Gasteiger partial charge in [0.15, 0.2) is 0 Å². The number of carbonyl (C=O) groups excluding carboxylic acids is 1. The molecule has 4 nitrogen and oxygen atoms in total. The lowest BCUT2D eigenvalue weighted by molar-refractivity contribution is -0.148. The van der Waals surface area contributed by atoms with Crippen LogP contribution >= 0.6 is 0 Å². The maximum Gasteiger partial charge on any atom is 0.323 e. The highest BCUT2D eigenvalue weighted by Crippen LogP contribution is 2.16. The van der Waals surface area contributed by atoms with Crippen LogP contribution in [0.2, 0.25) is 0 Å². The standard InChI is InChI=1S/C16H23NO3/c1-2-3-8-19-9-10-20-16(18)15-11-13-6-4-5-7-14(13)12-17-15/h4-7,15,17H,2-3,8-12H2,1H3/t15-/m0/s1. The van der Waals surface area contributed by atoms with Gasteiger partial charge >= 0.3 is 5.97 Å². The number of hydrogen-bond acceptors (Lipinski definition) is 4. The Morgan fingerprint density at radius 1 is 1.25 bits per heavy atom. The second kappa shape index (κ2) is 8.02. The Bertz CT molecular complexity index is 433. The molecule has 20 heavy (non-hydrogen) atoms. The summed E-state index contributed by atoms with van der Waals surface area (Å²) < 4.78 is 10.6. The first-order chi connectivity index (χ1) is 9.81. The Balaban J connectivity index is 1.69. The number of esters is 1. The summed E-state index contributed by atoms with van der Waals surface area (Å²) in [5.41, 5.74) is 2.49. The van der Waals surface area contributed by atoms with E-state index in [1.807, 2.05) is 12.1 Å². The van der Waals surface area contributed by atoms with Crippen LogP contribution in [0.1, 0.15) is 30.9 Å². The highest BCUT2D eigenvalue weighted by atomic mass is 16.6. The molecule has 0 fully saturated rings. The summed E-state index contributed by atoms with van der Waals surface area (Å²) >= 11 is 0. The average molecular weight is 277 g/mol. The van der Waals surface area contributed by atoms with Crippen molar-refractivity contribution in [2.24, 2.45) is 0 Å². The third kappa shape index (κ3) is 4.32. The number of carbonyl (C=O) groups is 1. The molecule has 0 saturated carbocycles. The predicted molar refractivity (Wildman–Crippen MR) is 77.5 cm³/mol. The molecule has 110 valence electrons. The SMILES string of the molecule is CCCCOCCOC(=O)[C@@H]1Cc2ccccc2CN1. The first kappa shape index (κ1) is 15.0. The molecular weight excluding hydrogens is 254 g/mol. The highest BCUT2D eigenvalue weighted by molar-refractivity contribution is 5.76. The Morgan fingerprint density at radius 3 is 2.85 bits per heavy atom. The van der Waals surface area contributed by atoms with Crippen LogP contribution in [0.3, 0.4) is 0 Å². The Hall–Kier alpha value is -1.39. The number of nitrogens with one attached hydrogen (secondary N) is 1. The van der Waals surface area contributed by atoms with E-state index in [1.54, 1.807) is 0 Å². The van der Waals surface area contributed by atoms with Gasteiger partial charge in [0.25, 0.3) is 0 Å². The molecule has 0 aromatic heterocycles. The Kier molecular flexibility index (Phi) is 6.02. The first-order valence-corrected chi connectivity index (χ1v) is 7.35. The molecule has 0 radical (unpaired) electrons. The van der Waals surface area contributed by atoms with Gasteiger partial charge < -0.3 is 14.8 Å². The molecular formula is C16H23NO3. The molecule has 0 unspecified atom stereocenters. The molecule has 1 heterocycles. The predicted octanol–water partition coefficient (Wildman–Crippen LogP) is 2.06. The fourth-order valence-corrected chi connectivity index (χ4v) is 2.27. The molecule has 0 amide bonds. The molecule has 4 heteroatoms. The first-order valence-electron chi connectivity index (χ1n) is 7.35. The van der Waals surface area contributed by atoms with E-state index in [2.05, 4.69) is 24.4 Å². The number of ether oxygens (including phenoxy) is 2. The van der Waals surface area contributed by atoms with E-state index in [0.29, 0.717) is 19.6 Å². The van der Waals surface area contributed by atoms with Crippen molar-refractivity contribution in [2.75, 3.05) is 19.8 Å². The van der Waals surface area contributed by atoms with E-state index in [-0.39, 0.29) is 12.0 Å². The van der Waals surface area contributed by atoms with E-state index in [0.717, 1.165) is 26.0 Å². The summed E-state index contributed by atoms with van der Waals surface area (Å²) in [6.45, 7) is 4.40. The van der Waals surface area contributed by atoms with Crippen LogP contribution in [0.5, 0.6) is 0 Å². The lowest BCUT2D eigenvalue weighted by atomic mass is 9.96. The number of rotatable bonds is 7. The highest BCUT2D eigenvalue weighted by Gasteiger charge is 2.24. The molecule has 0 aliphatic carbocycles. The molecule has 0 spiro atoms. The minimum absolute atomic E-state index is 0.182. The van der Waals surface area contributed by atoms with E-state index < -0.39 is 0 Å². The largest absolute Gasteiger partial charge is 0.462 e. The van der Waals surface area contributed by atoms with E-state index >= 15 is 0 Å². The number of hydrogen-bond donors (Lipinski definition) is 1. The van der Waals surface area contributed by atoms with Gasteiger partial charge in [0.1, 0.15) is 12.6 Å². The van der Waals surface area contributed by atoms with Crippen LogP contribution in [0.25, 0.3) is 0 Å². The van der Waals surface area contributed by atoms with Crippen molar-refractivity contribution in [2.45, 2.75) is 38.8 Å². The van der Waals surface area contributed by atoms with Gasteiger partial charge in [0.2, 0.25) is 0 Å². The van der Waals surface area contributed by atoms with E-state index in [4.69, 9.17) is 9.47 Å². The van der Waals surface area contributed by atoms with Gasteiger partial charge in [0.05, 0.1) is 6.61 Å². The lowest BCUT2D eigenvalue weighted by Gasteiger charge is -2.24. The summed E-state index contributed by atoms with van der Waals surface area (Å²) in [7, 11) is 0. The van der Waals surface area contributed by atoms with Crippen molar-refractivity contribution < 1.29 is 14.3 Å². The number of benzene rings is 1. The van der Waals surface area contributed by atoms with Crippen LogP contribution in [-0.4, -0.2) is 31.8 Å². The minimum atomic E-state index is -0.236. The summed E-state index contributed by atoms with van der Waals surface area (Å²) in [6.07, 6.45) is 2.87. The van der Waals surface area contributed by atoms with Gasteiger partial charge in [-0.05, 0) is 24.0 Å². The van der Waals surface area contributed by atoms with Crippen molar-refractivity contribution in [1.82, 2.24) is 5.32 Å². The Morgan fingerprint density at radius 2 is 2.05 bits per heavy atom. The van der Waals surface area contributed by atoms with Gasteiger partial charge in [-0.15, -0.1) is 0 Å². The zero-order valence-electron chi connectivity index (χ0n) is 12.1. The second-order valence-corrected chi connectivity index (χ2v) is 5.04. The summed E-state index contributed by atoms with van der Waals surface area (Å²) in [5, 5.41) is 3.22. The maximum absolute atomic E-state index is 12.0. The molecule has 1 atom stereocenters. The zero-order valence-corrected chi connectivity index (χ0v) is 12.1. The van der Waals surface area contributed by atoms with Crippen molar-refractivity contribution >= 4 is 5.97 Å². The van der Waals surface area contributed by atoms with Crippen LogP contribution in [0, 0.1) is 0 Å². The van der Waals surface area contributed by atoms with Gasteiger partial charge in [-0.3, -0.25) is 4.79 Å². The summed E-state index contributed by atoms with van der Waals surface area (Å²) in [4.78, 5) is 12.0. The quantitative estimate of drug-likeness (QED) is 0.612. The molecule has 0 bridgehead atoms. The number of fused-ring (bicyclic) bond motifs is 1. The smallest absolute Gasteiger partial charge is 0.323 e. The third-order valence-corrected chi connectivity index (χ3v) is 3.48. The summed E-state index contributed by atoms with van der Waals surface area (Å²) in [6, 6.07) is 7.96. The molecule has 1 aliphatic heterocycles. The molecule has 1 aliphatic rings. The molecule has 1 aromatic carbocycles. The fraction of sp³-hybridized carbons (Fsp3) is 0.562. The van der Waals surface area contributed by atoms with Crippen molar-refractivity contribution in [3.8, 4) is 0 Å². The lowest BCUT2D eigenvalue weighted by Crippen LogP contribution is -2.43. The van der Waals surface area contributed by atoms with Crippen molar-refractivity contribution in [3.05, 3.63) is 35.4 Å². The minimum Gasteiger partial charge on any atom is -0.462 e. The normalized spacial score (nSPS) is 17.6. The molecule has 1 N–H and O–H groups in total. The number of unbranched alkanes of at least 4 members (excludes halogenated alkanes) is 1. The maximum atomic E-state index is 12.0. The molecule has 0 saturated heterocycles. The van der Waals surface area contributed by atoms with Crippen LogP contribution in [0.15, 0.2) is 24.3 Å². The molecule has 1 aromatic rings. The van der Waals surface area contributed by atoms with Gasteiger partial charge in [-0.2, -0.15) is 0 Å². The monoisotopic (exact) mass is 277 g/mol. The Labute approximate surface area is 120 Å². The van der Waals surface area contributed by atoms with Crippen molar-refractivity contribution in [1.29, 1.82) is 0 Å². The van der Waals surface area contributed by atoms with Gasteiger partial charge in [-0.1, -0.05) is 37.6 Å². The molecule has 2 rings (SSSR count). The third-order valence-electron chi connectivity index (χ3n) is 3.48. The van der Waals surface area contributed by atoms with Gasteiger partial charge in [0, 0.05) is 13.2 Å². The fourth-order valence-electron chi connectivity index (χ4n) is 2.27.